The van der Waals surface area contributed by atoms with Crippen LogP contribution in [0.3, 0.4) is 0 Å². The largest absolute Gasteiger partial charge is 0.419 e. The number of hydrogen-bond acceptors (Lipinski definition) is 5. The van der Waals surface area contributed by atoms with Crippen LogP contribution in [0.15, 0.2) is 40.8 Å². The van der Waals surface area contributed by atoms with E-state index in [0.29, 0.717) is 33.9 Å². The number of hydrogen-bond donors (Lipinski definition) is 1. The molecule has 0 atom stereocenters. The van der Waals surface area contributed by atoms with Gasteiger partial charge in [0.05, 0.1) is 23.7 Å². The molecule has 1 aromatic heterocycles. The van der Waals surface area contributed by atoms with Gasteiger partial charge in [-0.05, 0) is 56.3 Å². The van der Waals surface area contributed by atoms with Gasteiger partial charge in [0.2, 0.25) is 17.7 Å². The van der Waals surface area contributed by atoms with Crippen LogP contribution in [0.1, 0.15) is 17.0 Å². The van der Waals surface area contributed by atoms with Crippen molar-refractivity contribution in [2.45, 2.75) is 20.4 Å². The van der Waals surface area contributed by atoms with Gasteiger partial charge in [-0.2, -0.15) is 0 Å². The van der Waals surface area contributed by atoms with E-state index < -0.39 is 0 Å². The summed E-state index contributed by atoms with van der Waals surface area (Å²) >= 11 is 12.1. The smallest absolute Gasteiger partial charge is 0.249 e. The average molecular weight is 419 g/mol. The Labute approximate surface area is 173 Å². The van der Waals surface area contributed by atoms with Crippen LogP contribution in [-0.4, -0.2) is 34.6 Å². The molecular weight excluding hydrogens is 399 g/mol. The fourth-order valence-corrected chi connectivity index (χ4v) is 3.19. The number of benzene rings is 2. The van der Waals surface area contributed by atoms with Crippen molar-refractivity contribution in [3.05, 3.63) is 63.5 Å². The first-order valence-corrected chi connectivity index (χ1v) is 9.41. The lowest BCUT2D eigenvalue weighted by Crippen LogP contribution is -2.30. The molecule has 0 aliphatic rings. The maximum Gasteiger partial charge on any atom is 0.249 e. The molecule has 0 bridgehead atoms. The van der Waals surface area contributed by atoms with E-state index in [2.05, 4.69) is 15.5 Å². The van der Waals surface area contributed by atoms with E-state index in [1.165, 1.54) is 0 Å². The molecule has 3 rings (SSSR count). The molecule has 1 N–H and O–H groups in total. The van der Waals surface area contributed by atoms with Gasteiger partial charge in [-0.25, -0.2) is 0 Å². The van der Waals surface area contributed by atoms with E-state index in [1.807, 2.05) is 39.1 Å². The number of carbonyl (C=O) groups is 1. The highest BCUT2D eigenvalue weighted by molar-refractivity contribution is 6.36. The summed E-state index contributed by atoms with van der Waals surface area (Å²) < 4.78 is 5.67. The SMILES string of the molecule is Cc1cccc(NC(=O)CN(C)Cc2nnc(-c3ccc(Cl)cc3Cl)o2)c1C. The summed E-state index contributed by atoms with van der Waals surface area (Å²) in [5, 5.41) is 12.0. The molecule has 0 saturated heterocycles. The first-order valence-electron chi connectivity index (χ1n) is 8.66. The van der Waals surface area contributed by atoms with E-state index >= 15 is 0 Å². The van der Waals surface area contributed by atoms with E-state index in [4.69, 9.17) is 27.6 Å². The molecule has 0 spiro atoms. The third kappa shape index (κ3) is 4.90. The van der Waals surface area contributed by atoms with Crippen molar-refractivity contribution in [3.8, 4) is 11.5 Å². The van der Waals surface area contributed by atoms with Gasteiger partial charge in [-0.3, -0.25) is 9.69 Å². The molecule has 3 aromatic rings. The molecule has 0 radical (unpaired) electrons. The highest BCUT2D eigenvalue weighted by Gasteiger charge is 2.15. The quantitative estimate of drug-likeness (QED) is 0.626. The maximum atomic E-state index is 12.3. The lowest BCUT2D eigenvalue weighted by molar-refractivity contribution is -0.117. The molecule has 0 saturated carbocycles. The fourth-order valence-electron chi connectivity index (χ4n) is 2.70. The van der Waals surface area contributed by atoms with Crippen LogP contribution in [0.5, 0.6) is 0 Å². The van der Waals surface area contributed by atoms with Gasteiger partial charge >= 0.3 is 0 Å². The number of anilines is 1. The molecule has 28 heavy (non-hydrogen) atoms. The molecule has 0 aliphatic carbocycles. The van der Waals surface area contributed by atoms with Crippen LogP contribution in [0, 0.1) is 13.8 Å². The molecule has 1 heterocycles. The van der Waals surface area contributed by atoms with Crippen molar-refractivity contribution >= 4 is 34.8 Å². The molecule has 1 amide bonds. The minimum atomic E-state index is -0.114. The van der Waals surface area contributed by atoms with Crippen LogP contribution in [0.25, 0.3) is 11.5 Å². The Bertz CT molecular complexity index is 1000. The Morgan fingerprint density at radius 3 is 2.71 bits per heavy atom. The van der Waals surface area contributed by atoms with E-state index in [9.17, 15) is 4.79 Å². The number of aryl methyl sites for hydroxylation is 1. The minimum absolute atomic E-state index is 0.114. The minimum Gasteiger partial charge on any atom is -0.419 e. The Morgan fingerprint density at radius 1 is 1.18 bits per heavy atom. The molecule has 0 aliphatic heterocycles. The van der Waals surface area contributed by atoms with Crippen molar-refractivity contribution in [2.24, 2.45) is 0 Å². The van der Waals surface area contributed by atoms with E-state index in [1.54, 1.807) is 23.1 Å². The number of amides is 1. The summed E-state index contributed by atoms with van der Waals surface area (Å²) in [7, 11) is 1.81. The number of aromatic nitrogens is 2. The average Bonchev–Trinajstić information content (AvgIpc) is 3.06. The predicted octanol–water partition coefficient (Wildman–Crippen LogP) is 4.73. The third-order valence-electron chi connectivity index (χ3n) is 4.33. The highest BCUT2D eigenvalue weighted by Crippen LogP contribution is 2.29. The first-order chi connectivity index (χ1) is 13.3. The molecular formula is C20H20Cl2N4O2. The van der Waals surface area contributed by atoms with E-state index in [-0.39, 0.29) is 12.5 Å². The van der Waals surface area contributed by atoms with Crippen molar-refractivity contribution < 1.29 is 9.21 Å². The van der Waals surface area contributed by atoms with Crippen LogP contribution in [0.4, 0.5) is 5.69 Å². The zero-order valence-electron chi connectivity index (χ0n) is 15.8. The Hall–Kier alpha value is -2.41. The predicted molar refractivity (Wildman–Crippen MR) is 111 cm³/mol. The van der Waals surface area contributed by atoms with E-state index in [0.717, 1.165) is 16.8 Å². The second kappa shape index (κ2) is 8.73. The summed E-state index contributed by atoms with van der Waals surface area (Å²) in [6, 6.07) is 10.9. The van der Waals surface area contributed by atoms with Crippen LogP contribution >= 0.6 is 23.2 Å². The van der Waals surface area contributed by atoms with Crippen LogP contribution in [-0.2, 0) is 11.3 Å². The van der Waals surface area contributed by atoms with Gasteiger partial charge in [0, 0.05) is 10.7 Å². The molecule has 8 heteroatoms. The lowest BCUT2D eigenvalue weighted by Gasteiger charge is -2.15. The molecule has 6 nitrogen and oxygen atoms in total. The van der Waals surface area contributed by atoms with Gasteiger partial charge in [-0.1, -0.05) is 35.3 Å². The van der Waals surface area contributed by atoms with Gasteiger partial charge in [0.15, 0.2) is 0 Å². The topological polar surface area (TPSA) is 71.3 Å². The number of halogens is 2. The highest BCUT2D eigenvalue weighted by atomic mass is 35.5. The fraction of sp³-hybridized carbons (Fsp3) is 0.250. The Balaban J connectivity index is 1.60. The lowest BCUT2D eigenvalue weighted by atomic mass is 10.1. The van der Waals surface area contributed by atoms with Crippen LogP contribution in [0.2, 0.25) is 10.0 Å². The summed E-state index contributed by atoms with van der Waals surface area (Å²) in [5.74, 6) is 0.588. The normalized spacial score (nSPS) is 11.1. The Morgan fingerprint density at radius 2 is 1.96 bits per heavy atom. The third-order valence-corrected chi connectivity index (χ3v) is 4.87. The second-order valence-corrected chi connectivity index (χ2v) is 7.44. The maximum absolute atomic E-state index is 12.3. The van der Waals surface area contributed by atoms with Gasteiger partial charge in [0.25, 0.3) is 0 Å². The second-order valence-electron chi connectivity index (χ2n) is 6.59. The zero-order chi connectivity index (χ0) is 20.3. The summed E-state index contributed by atoms with van der Waals surface area (Å²) in [6.07, 6.45) is 0. The van der Waals surface area contributed by atoms with Gasteiger partial charge < -0.3 is 9.73 Å². The number of nitrogens with zero attached hydrogens (tertiary/aromatic N) is 3. The van der Waals surface area contributed by atoms with Crippen LogP contribution < -0.4 is 5.32 Å². The summed E-state index contributed by atoms with van der Waals surface area (Å²) in [6.45, 7) is 4.51. The summed E-state index contributed by atoms with van der Waals surface area (Å²) in [5.41, 5.74) is 3.61. The number of nitrogens with one attached hydrogen (secondary N) is 1. The van der Waals surface area contributed by atoms with Crippen molar-refractivity contribution in [3.63, 3.8) is 0 Å². The summed E-state index contributed by atoms with van der Waals surface area (Å²) in [4.78, 5) is 14.1. The van der Waals surface area contributed by atoms with Gasteiger partial charge in [0.1, 0.15) is 0 Å². The number of carbonyl (C=O) groups excluding carboxylic acids is 1. The molecule has 0 fully saturated rings. The van der Waals surface area contributed by atoms with Gasteiger partial charge in [-0.15, -0.1) is 10.2 Å². The van der Waals surface area contributed by atoms with Crippen molar-refractivity contribution in [1.82, 2.24) is 15.1 Å². The first kappa shape index (κ1) is 20.3. The molecule has 0 unspecified atom stereocenters. The van der Waals surface area contributed by atoms with Crippen molar-refractivity contribution in [1.29, 1.82) is 0 Å². The monoisotopic (exact) mass is 418 g/mol. The van der Waals surface area contributed by atoms with Crippen molar-refractivity contribution in [2.75, 3.05) is 18.9 Å². The number of rotatable bonds is 6. The molecule has 2 aromatic carbocycles. The molecule has 146 valence electrons. The standard InChI is InChI=1S/C20H20Cl2N4O2/c1-12-5-4-6-17(13(12)2)23-18(27)10-26(3)11-19-24-25-20(28-19)15-8-7-14(21)9-16(15)22/h4-9H,10-11H2,1-3H3,(H,23,27). The number of likely N-dealkylation sites (N-methyl/N-ethyl adjacent to an activating group) is 1. The zero-order valence-corrected chi connectivity index (χ0v) is 17.3. The Kier molecular flexibility index (Phi) is 6.34.